The average Bonchev–Trinajstić information content (AvgIpc) is 2.34. The molecule has 1 aromatic carbocycles. The standard InChI is InChI=1S/C12H17N3O/c1-2-8-14-12(16)15-9-11(13)10-6-4-3-5-7-10/h2-7,11H,1,8-9,13H2,(H2,14,15,16). The van der Waals surface area contributed by atoms with Gasteiger partial charge in [-0.25, -0.2) is 4.79 Å². The van der Waals surface area contributed by atoms with Crippen LogP contribution in [0.1, 0.15) is 11.6 Å². The molecule has 0 fully saturated rings. The normalized spacial score (nSPS) is 11.6. The number of amides is 2. The molecule has 0 aliphatic carbocycles. The fourth-order valence-corrected chi connectivity index (χ4v) is 1.25. The van der Waals surface area contributed by atoms with Crippen LogP contribution in [0.3, 0.4) is 0 Å². The Hall–Kier alpha value is -1.81. The first-order chi connectivity index (χ1) is 7.74. The van der Waals surface area contributed by atoms with Crippen LogP contribution in [0.5, 0.6) is 0 Å². The Bertz CT molecular complexity index is 337. The quantitative estimate of drug-likeness (QED) is 0.651. The maximum atomic E-state index is 11.2. The van der Waals surface area contributed by atoms with Crippen molar-refractivity contribution in [1.82, 2.24) is 10.6 Å². The third-order valence-electron chi connectivity index (χ3n) is 2.12. The summed E-state index contributed by atoms with van der Waals surface area (Å²) in [6.07, 6.45) is 1.62. The second kappa shape index (κ2) is 6.63. The number of urea groups is 1. The van der Waals surface area contributed by atoms with E-state index in [0.29, 0.717) is 13.1 Å². The zero-order chi connectivity index (χ0) is 11.8. The van der Waals surface area contributed by atoms with Gasteiger partial charge in [0.25, 0.3) is 0 Å². The molecule has 4 nitrogen and oxygen atoms in total. The number of hydrogen-bond acceptors (Lipinski definition) is 2. The van der Waals surface area contributed by atoms with Crippen molar-refractivity contribution in [2.75, 3.05) is 13.1 Å². The molecule has 0 bridgehead atoms. The van der Waals surface area contributed by atoms with E-state index in [0.717, 1.165) is 5.56 Å². The van der Waals surface area contributed by atoms with Crippen molar-refractivity contribution in [3.63, 3.8) is 0 Å². The first-order valence-electron chi connectivity index (χ1n) is 5.17. The molecule has 16 heavy (non-hydrogen) atoms. The largest absolute Gasteiger partial charge is 0.336 e. The Morgan fingerprint density at radius 2 is 2.06 bits per heavy atom. The minimum atomic E-state index is -0.230. The van der Waals surface area contributed by atoms with Gasteiger partial charge in [-0.15, -0.1) is 6.58 Å². The molecule has 1 aromatic rings. The Balaban J connectivity index is 2.33. The van der Waals surface area contributed by atoms with Crippen LogP contribution in [0.25, 0.3) is 0 Å². The lowest BCUT2D eigenvalue weighted by molar-refractivity contribution is 0.241. The van der Waals surface area contributed by atoms with Gasteiger partial charge in [0.05, 0.1) is 0 Å². The van der Waals surface area contributed by atoms with Crippen molar-refractivity contribution >= 4 is 6.03 Å². The minimum absolute atomic E-state index is 0.185. The molecule has 2 amide bonds. The number of benzene rings is 1. The van der Waals surface area contributed by atoms with E-state index in [9.17, 15) is 4.79 Å². The van der Waals surface area contributed by atoms with E-state index in [-0.39, 0.29) is 12.1 Å². The third-order valence-corrected chi connectivity index (χ3v) is 2.12. The van der Waals surface area contributed by atoms with Gasteiger partial charge in [0, 0.05) is 19.1 Å². The van der Waals surface area contributed by atoms with Gasteiger partial charge < -0.3 is 16.4 Å². The summed E-state index contributed by atoms with van der Waals surface area (Å²) in [6.45, 7) is 4.37. The number of carbonyl (C=O) groups is 1. The highest BCUT2D eigenvalue weighted by Crippen LogP contribution is 2.07. The third kappa shape index (κ3) is 4.14. The van der Waals surface area contributed by atoms with E-state index in [1.165, 1.54) is 0 Å². The summed E-state index contributed by atoms with van der Waals surface area (Å²) >= 11 is 0. The van der Waals surface area contributed by atoms with Crippen LogP contribution in [-0.4, -0.2) is 19.1 Å². The lowest BCUT2D eigenvalue weighted by Gasteiger charge is -2.13. The first kappa shape index (κ1) is 12.3. The molecular formula is C12H17N3O. The highest BCUT2D eigenvalue weighted by molar-refractivity contribution is 5.73. The molecular weight excluding hydrogens is 202 g/mol. The van der Waals surface area contributed by atoms with Gasteiger partial charge in [0.1, 0.15) is 0 Å². The number of rotatable bonds is 5. The summed E-state index contributed by atoms with van der Waals surface area (Å²) in [5, 5.41) is 5.31. The summed E-state index contributed by atoms with van der Waals surface area (Å²) in [7, 11) is 0. The molecule has 4 heteroatoms. The monoisotopic (exact) mass is 219 g/mol. The van der Waals surface area contributed by atoms with Crippen LogP contribution in [0.15, 0.2) is 43.0 Å². The fourth-order valence-electron chi connectivity index (χ4n) is 1.25. The van der Waals surface area contributed by atoms with Crippen LogP contribution < -0.4 is 16.4 Å². The molecule has 1 rings (SSSR count). The van der Waals surface area contributed by atoms with Gasteiger partial charge in [0.2, 0.25) is 0 Å². The molecule has 0 saturated carbocycles. The van der Waals surface area contributed by atoms with Crippen molar-refractivity contribution in [2.45, 2.75) is 6.04 Å². The summed E-state index contributed by atoms with van der Waals surface area (Å²) in [5.74, 6) is 0. The van der Waals surface area contributed by atoms with E-state index in [4.69, 9.17) is 5.73 Å². The number of carbonyl (C=O) groups excluding carboxylic acids is 1. The Kier molecular flexibility index (Phi) is 5.08. The van der Waals surface area contributed by atoms with Crippen LogP contribution in [0.2, 0.25) is 0 Å². The topological polar surface area (TPSA) is 67.2 Å². The number of hydrogen-bond donors (Lipinski definition) is 3. The SMILES string of the molecule is C=CCNC(=O)NCC(N)c1ccccc1. The van der Waals surface area contributed by atoms with Crippen LogP contribution >= 0.6 is 0 Å². The van der Waals surface area contributed by atoms with E-state index in [2.05, 4.69) is 17.2 Å². The summed E-state index contributed by atoms with van der Waals surface area (Å²) in [5.41, 5.74) is 6.92. The second-order valence-corrected chi connectivity index (χ2v) is 3.40. The van der Waals surface area contributed by atoms with Gasteiger partial charge in [-0.05, 0) is 5.56 Å². The van der Waals surface area contributed by atoms with Crippen molar-refractivity contribution in [1.29, 1.82) is 0 Å². The molecule has 1 unspecified atom stereocenters. The van der Waals surface area contributed by atoms with Crippen molar-refractivity contribution in [2.24, 2.45) is 5.73 Å². The smallest absolute Gasteiger partial charge is 0.315 e. The van der Waals surface area contributed by atoms with E-state index in [1.807, 2.05) is 30.3 Å². The molecule has 0 aliphatic rings. The first-order valence-corrected chi connectivity index (χ1v) is 5.17. The van der Waals surface area contributed by atoms with Crippen molar-refractivity contribution in [3.05, 3.63) is 48.6 Å². The molecule has 0 heterocycles. The fraction of sp³-hybridized carbons (Fsp3) is 0.250. The maximum absolute atomic E-state index is 11.2. The number of nitrogens with one attached hydrogen (secondary N) is 2. The van der Waals surface area contributed by atoms with Crippen LogP contribution in [0.4, 0.5) is 4.79 Å². The molecule has 0 radical (unpaired) electrons. The second-order valence-electron chi connectivity index (χ2n) is 3.40. The minimum Gasteiger partial charge on any atom is -0.336 e. The summed E-state index contributed by atoms with van der Waals surface area (Å²) in [4.78, 5) is 11.2. The Labute approximate surface area is 95.5 Å². The Morgan fingerprint density at radius 1 is 1.38 bits per heavy atom. The van der Waals surface area contributed by atoms with Gasteiger partial charge in [-0.2, -0.15) is 0 Å². The van der Waals surface area contributed by atoms with Crippen molar-refractivity contribution in [3.8, 4) is 0 Å². The Morgan fingerprint density at radius 3 is 2.69 bits per heavy atom. The lowest BCUT2D eigenvalue weighted by atomic mass is 10.1. The van der Waals surface area contributed by atoms with E-state index >= 15 is 0 Å². The molecule has 1 atom stereocenters. The highest BCUT2D eigenvalue weighted by atomic mass is 16.2. The predicted molar refractivity (Wildman–Crippen MR) is 65.0 cm³/mol. The van der Waals surface area contributed by atoms with Gasteiger partial charge >= 0.3 is 6.03 Å². The summed E-state index contributed by atoms with van der Waals surface area (Å²) in [6, 6.07) is 9.24. The zero-order valence-corrected chi connectivity index (χ0v) is 9.15. The molecule has 4 N–H and O–H groups in total. The molecule has 0 aromatic heterocycles. The highest BCUT2D eigenvalue weighted by Gasteiger charge is 2.06. The maximum Gasteiger partial charge on any atom is 0.315 e. The zero-order valence-electron chi connectivity index (χ0n) is 9.15. The van der Waals surface area contributed by atoms with Gasteiger partial charge in [-0.3, -0.25) is 0 Å². The molecule has 0 aliphatic heterocycles. The lowest BCUT2D eigenvalue weighted by Crippen LogP contribution is -2.39. The molecule has 0 saturated heterocycles. The molecule has 86 valence electrons. The van der Waals surface area contributed by atoms with E-state index in [1.54, 1.807) is 6.08 Å². The predicted octanol–water partition coefficient (Wildman–Crippen LogP) is 1.17. The van der Waals surface area contributed by atoms with Gasteiger partial charge in [-0.1, -0.05) is 36.4 Å². The van der Waals surface area contributed by atoms with Crippen LogP contribution in [-0.2, 0) is 0 Å². The van der Waals surface area contributed by atoms with Crippen LogP contribution in [0, 0.1) is 0 Å². The van der Waals surface area contributed by atoms with Gasteiger partial charge in [0.15, 0.2) is 0 Å². The number of nitrogens with two attached hydrogens (primary N) is 1. The summed E-state index contributed by atoms with van der Waals surface area (Å²) < 4.78 is 0. The average molecular weight is 219 g/mol. The van der Waals surface area contributed by atoms with Crippen molar-refractivity contribution < 1.29 is 4.79 Å². The molecule has 0 spiro atoms. The van der Waals surface area contributed by atoms with E-state index < -0.39 is 0 Å².